The van der Waals surface area contributed by atoms with Gasteiger partial charge in [0.1, 0.15) is 17.9 Å². The summed E-state index contributed by atoms with van der Waals surface area (Å²) >= 11 is 6.24. The summed E-state index contributed by atoms with van der Waals surface area (Å²) in [5.74, 6) is 0.353. The van der Waals surface area contributed by atoms with Gasteiger partial charge in [-0.3, -0.25) is 0 Å². The third-order valence-electron chi connectivity index (χ3n) is 4.82. The first-order chi connectivity index (χ1) is 15.1. The van der Waals surface area contributed by atoms with Crippen LogP contribution in [0, 0.1) is 0 Å². The third kappa shape index (κ3) is 4.93. The number of hydrogen-bond acceptors (Lipinski definition) is 4. The highest BCUT2D eigenvalue weighted by atomic mass is 35.5. The van der Waals surface area contributed by atoms with E-state index in [0.29, 0.717) is 22.9 Å². The van der Waals surface area contributed by atoms with Crippen LogP contribution in [0.1, 0.15) is 27.2 Å². The van der Waals surface area contributed by atoms with Gasteiger partial charge < -0.3 is 9.47 Å². The van der Waals surface area contributed by atoms with Gasteiger partial charge in [0.25, 0.3) is 0 Å². The molecule has 0 aliphatic carbocycles. The van der Waals surface area contributed by atoms with Gasteiger partial charge in [-0.25, -0.2) is 9.78 Å². The van der Waals surface area contributed by atoms with Crippen LogP contribution in [-0.2, 0) is 11.3 Å². The summed E-state index contributed by atoms with van der Waals surface area (Å²) in [6.07, 6.45) is 3.87. The molecule has 0 fully saturated rings. The highest BCUT2D eigenvalue weighted by molar-refractivity contribution is 6.31. The van der Waals surface area contributed by atoms with Crippen molar-refractivity contribution in [2.75, 3.05) is 7.11 Å². The largest absolute Gasteiger partial charge is 0.487 e. The maximum atomic E-state index is 11.6. The number of methoxy groups -OCH3 is 1. The normalized spacial score (nSPS) is 11.0. The molecule has 0 N–H and O–H groups in total. The highest BCUT2D eigenvalue weighted by Gasteiger charge is 2.07. The number of aromatic nitrogens is 1. The van der Waals surface area contributed by atoms with Gasteiger partial charge in [-0.1, -0.05) is 66.2 Å². The fourth-order valence-corrected chi connectivity index (χ4v) is 3.34. The predicted molar refractivity (Wildman–Crippen MR) is 124 cm³/mol. The second-order valence-corrected chi connectivity index (χ2v) is 7.30. The van der Waals surface area contributed by atoms with Crippen molar-refractivity contribution in [1.82, 2.24) is 4.98 Å². The molecule has 1 aromatic heterocycles. The van der Waals surface area contributed by atoms with Crippen molar-refractivity contribution in [3.63, 3.8) is 0 Å². The molecule has 31 heavy (non-hydrogen) atoms. The van der Waals surface area contributed by atoms with E-state index in [1.807, 2.05) is 78.9 Å². The Morgan fingerprint density at radius 1 is 0.935 bits per heavy atom. The Hall–Kier alpha value is -3.63. The zero-order chi connectivity index (χ0) is 21.6. The van der Waals surface area contributed by atoms with Crippen LogP contribution in [0.15, 0.2) is 78.9 Å². The summed E-state index contributed by atoms with van der Waals surface area (Å²) in [4.78, 5) is 16.3. The number of fused-ring (bicyclic) bond motifs is 1. The van der Waals surface area contributed by atoms with E-state index in [4.69, 9.17) is 26.1 Å². The Morgan fingerprint density at radius 2 is 1.74 bits per heavy atom. The van der Waals surface area contributed by atoms with E-state index in [1.54, 1.807) is 12.1 Å². The molecule has 0 spiro atoms. The molecule has 0 radical (unpaired) electrons. The van der Waals surface area contributed by atoms with Gasteiger partial charge in [0.15, 0.2) is 0 Å². The molecular formula is C26H20ClNO3. The maximum Gasteiger partial charge on any atom is 0.337 e. The van der Waals surface area contributed by atoms with E-state index in [2.05, 4.69) is 0 Å². The van der Waals surface area contributed by atoms with E-state index in [0.717, 1.165) is 27.7 Å². The summed E-state index contributed by atoms with van der Waals surface area (Å²) in [7, 11) is 1.37. The highest BCUT2D eigenvalue weighted by Crippen LogP contribution is 2.26. The number of esters is 1. The molecule has 4 rings (SSSR count). The molecule has 3 aromatic carbocycles. The zero-order valence-corrected chi connectivity index (χ0v) is 17.7. The van der Waals surface area contributed by atoms with Gasteiger partial charge in [0.2, 0.25) is 0 Å². The number of benzene rings is 3. The molecule has 4 aromatic rings. The molecule has 0 atom stereocenters. The smallest absolute Gasteiger partial charge is 0.337 e. The lowest BCUT2D eigenvalue weighted by atomic mass is 10.1. The number of halogens is 1. The van der Waals surface area contributed by atoms with E-state index < -0.39 is 0 Å². The summed E-state index contributed by atoms with van der Waals surface area (Å²) in [6.45, 7) is 0.368. The maximum absolute atomic E-state index is 11.6. The topological polar surface area (TPSA) is 48.4 Å². The summed E-state index contributed by atoms with van der Waals surface area (Å²) < 4.78 is 10.8. The second kappa shape index (κ2) is 9.45. The van der Waals surface area contributed by atoms with Crippen LogP contribution in [0.3, 0.4) is 0 Å². The summed E-state index contributed by atoms with van der Waals surface area (Å²) in [5.41, 5.74) is 3.99. The predicted octanol–water partition coefficient (Wildman–Crippen LogP) is 6.42. The first-order valence-electron chi connectivity index (χ1n) is 9.76. The van der Waals surface area contributed by atoms with Crippen LogP contribution in [0.4, 0.5) is 0 Å². The fourth-order valence-electron chi connectivity index (χ4n) is 3.14. The molecule has 0 unspecified atom stereocenters. The average molecular weight is 430 g/mol. The minimum absolute atomic E-state index is 0.351. The van der Waals surface area contributed by atoms with E-state index in [1.165, 1.54) is 7.11 Å². The Kier molecular flexibility index (Phi) is 6.29. The van der Waals surface area contributed by atoms with Crippen LogP contribution in [0.5, 0.6) is 5.75 Å². The van der Waals surface area contributed by atoms with Gasteiger partial charge in [-0.15, -0.1) is 0 Å². The minimum atomic E-state index is -0.351. The fraction of sp³-hybridized carbons (Fsp3) is 0.0769. The van der Waals surface area contributed by atoms with Crippen molar-refractivity contribution in [1.29, 1.82) is 0 Å². The third-order valence-corrected chi connectivity index (χ3v) is 5.19. The monoisotopic (exact) mass is 429 g/mol. The van der Waals surface area contributed by atoms with E-state index in [9.17, 15) is 4.79 Å². The molecule has 0 amide bonds. The van der Waals surface area contributed by atoms with Gasteiger partial charge in [0.05, 0.1) is 18.4 Å². The molecule has 0 aliphatic heterocycles. The van der Waals surface area contributed by atoms with E-state index in [-0.39, 0.29) is 5.97 Å². The zero-order valence-electron chi connectivity index (χ0n) is 16.9. The number of ether oxygens (including phenoxy) is 2. The Bertz CT molecular complexity index is 1250. The molecule has 5 heteroatoms. The number of carbonyl (C=O) groups is 1. The lowest BCUT2D eigenvalue weighted by Crippen LogP contribution is -2.00. The van der Waals surface area contributed by atoms with Crippen molar-refractivity contribution in [2.24, 2.45) is 0 Å². The Morgan fingerprint density at radius 3 is 2.52 bits per heavy atom. The van der Waals surface area contributed by atoms with Crippen LogP contribution >= 0.6 is 11.6 Å². The SMILES string of the molecule is COC(=O)c1ccc(C=Cc2ccc3cccc(OCc4ccccc4Cl)c3n2)cc1. The first-order valence-corrected chi connectivity index (χ1v) is 10.1. The number of hydrogen-bond donors (Lipinski definition) is 0. The van der Waals surface area contributed by atoms with Crippen molar-refractivity contribution in [3.8, 4) is 5.75 Å². The molecule has 0 saturated carbocycles. The summed E-state index contributed by atoms with van der Waals surface area (Å²) in [5, 5.41) is 1.67. The number of nitrogens with zero attached hydrogens (tertiary/aromatic N) is 1. The lowest BCUT2D eigenvalue weighted by Gasteiger charge is -2.10. The summed E-state index contributed by atoms with van der Waals surface area (Å²) in [6, 6.07) is 24.7. The number of pyridine rings is 1. The van der Waals surface area contributed by atoms with Crippen molar-refractivity contribution in [3.05, 3.63) is 106 Å². The number of rotatable bonds is 6. The minimum Gasteiger partial charge on any atom is -0.487 e. The van der Waals surface area contributed by atoms with Gasteiger partial charge in [-0.2, -0.15) is 0 Å². The van der Waals surface area contributed by atoms with Crippen molar-refractivity contribution < 1.29 is 14.3 Å². The van der Waals surface area contributed by atoms with Crippen LogP contribution < -0.4 is 4.74 Å². The molecule has 0 bridgehead atoms. The number of para-hydroxylation sites is 1. The Balaban J connectivity index is 1.55. The van der Waals surface area contributed by atoms with Crippen molar-refractivity contribution >= 4 is 40.6 Å². The average Bonchev–Trinajstić information content (AvgIpc) is 2.82. The first kappa shape index (κ1) is 20.6. The van der Waals surface area contributed by atoms with Crippen LogP contribution in [0.25, 0.3) is 23.1 Å². The molecule has 4 nitrogen and oxygen atoms in total. The van der Waals surface area contributed by atoms with Crippen LogP contribution in [-0.4, -0.2) is 18.1 Å². The van der Waals surface area contributed by atoms with E-state index >= 15 is 0 Å². The second-order valence-electron chi connectivity index (χ2n) is 6.89. The number of carbonyl (C=O) groups excluding carboxylic acids is 1. The van der Waals surface area contributed by atoms with Gasteiger partial charge in [0, 0.05) is 16.0 Å². The molecule has 0 saturated heterocycles. The lowest BCUT2D eigenvalue weighted by molar-refractivity contribution is 0.0600. The van der Waals surface area contributed by atoms with Gasteiger partial charge >= 0.3 is 5.97 Å². The molecule has 1 heterocycles. The Labute approximate surface area is 185 Å². The van der Waals surface area contributed by atoms with Crippen molar-refractivity contribution in [2.45, 2.75) is 6.61 Å². The molecular weight excluding hydrogens is 410 g/mol. The molecule has 154 valence electrons. The van der Waals surface area contributed by atoms with Gasteiger partial charge in [-0.05, 0) is 42.0 Å². The van der Waals surface area contributed by atoms with Crippen LogP contribution in [0.2, 0.25) is 5.02 Å². The quantitative estimate of drug-likeness (QED) is 0.331. The standard InChI is InChI=1S/C26H20ClNO3/c1-30-26(29)20-12-9-18(10-13-20)11-15-22-16-14-19-6-4-8-24(25(19)28-22)31-17-21-5-2-3-7-23(21)27/h2-16H,17H2,1H3. The molecule has 0 aliphatic rings.